The maximum absolute atomic E-state index is 4.23. The van der Waals surface area contributed by atoms with Gasteiger partial charge in [-0.1, -0.05) is 0 Å². The second-order valence-electron chi connectivity index (χ2n) is 2.80. The molecule has 0 saturated heterocycles. The van der Waals surface area contributed by atoms with Crippen LogP contribution in [0.5, 0.6) is 0 Å². The molecule has 0 aliphatic heterocycles. The molecule has 13 heavy (non-hydrogen) atoms. The minimum atomic E-state index is 0.848. The standard InChI is InChI=1S/C9H6N4/c1-2-8-7(10-5-1)3-4-9-12-11-6-13(8)9/h1-6H. The predicted molar refractivity (Wildman–Crippen MR) is 48.3 cm³/mol. The molecule has 3 aromatic heterocycles. The fraction of sp³-hybridized carbons (Fsp3) is 0. The van der Waals surface area contributed by atoms with Crippen molar-refractivity contribution >= 4 is 16.7 Å². The van der Waals surface area contributed by atoms with Crippen molar-refractivity contribution in [2.45, 2.75) is 0 Å². The molecule has 0 aliphatic carbocycles. The Morgan fingerprint density at radius 2 is 2.15 bits per heavy atom. The summed E-state index contributed by atoms with van der Waals surface area (Å²) in [6.45, 7) is 0. The van der Waals surface area contributed by atoms with E-state index >= 15 is 0 Å². The van der Waals surface area contributed by atoms with E-state index in [2.05, 4.69) is 15.2 Å². The molecule has 0 atom stereocenters. The molecule has 0 saturated carbocycles. The number of rotatable bonds is 0. The number of fused-ring (bicyclic) bond motifs is 3. The summed E-state index contributed by atoms with van der Waals surface area (Å²) in [6.07, 6.45) is 3.47. The molecule has 0 aromatic carbocycles. The number of pyridine rings is 2. The number of nitrogens with zero attached hydrogens (tertiary/aromatic N) is 4. The van der Waals surface area contributed by atoms with Crippen LogP contribution in [-0.4, -0.2) is 19.6 Å². The largest absolute Gasteiger partial charge is 0.280 e. The molecule has 4 heteroatoms. The summed E-state index contributed by atoms with van der Waals surface area (Å²) in [4.78, 5) is 4.23. The van der Waals surface area contributed by atoms with Gasteiger partial charge in [-0.25, -0.2) is 0 Å². The maximum Gasteiger partial charge on any atom is 0.161 e. The summed E-state index contributed by atoms with van der Waals surface area (Å²) in [5.41, 5.74) is 2.83. The van der Waals surface area contributed by atoms with E-state index in [0.717, 1.165) is 16.7 Å². The van der Waals surface area contributed by atoms with E-state index in [0.29, 0.717) is 0 Å². The third-order valence-electron chi connectivity index (χ3n) is 2.04. The van der Waals surface area contributed by atoms with Crippen molar-refractivity contribution in [3.05, 3.63) is 36.8 Å². The van der Waals surface area contributed by atoms with Crippen LogP contribution in [0.4, 0.5) is 0 Å². The van der Waals surface area contributed by atoms with Gasteiger partial charge in [0.1, 0.15) is 6.33 Å². The molecule has 0 bridgehead atoms. The van der Waals surface area contributed by atoms with E-state index in [-0.39, 0.29) is 0 Å². The minimum absolute atomic E-state index is 0.848. The Labute approximate surface area is 73.9 Å². The summed E-state index contributed by atoms with van der Waals surface area (Å²) < 4.78 is 1.92. The summed E-state index contributed by atoms with van der Waals surface area (Å²) in [5.74, 6) is 0. The second-order valence-corrected chi connectivity index (χ2v) is 2.80. The predicted octanol–water partition coefficient (Wildman–Crippen LogP) is 1.28. The second kappa shape index (κ2) is 2.26. The molecule has 62 valence electrons. The van der Waals surface area contributed by atoms with Crippen molar-refractivity contribution in [2.24, 2.45) is 0 Å². The van der Waals surface area contributed by atoms with E-state index in [9.17, 15) is 0 Å². The highest BCUT2D eigenvalue weighted by Gasteiger charge is 1.99. The third kappa shape index (κ3) is 0.823. The van der Waals surface area contributed by atoms with E-state index in [1.54, 1.807) is 12.5 Å². The quantitative estimate of drug-likeness (QED) is 0.510. The molecule has 0 amide bonds. The molecule has 0 N–H and O–H groups in total. The van der Waals surface area contributed by atoms with Crippen LogP contribution < -0.4 is 0 Å². The molecule has 3 heterocycles. The fourth-order valence-corrected chi connectivity index (χ4v) is 1.44. The first-order chi connectivity index (χ1) is 6.45. The lowest BCUT2D eigenvalue weighted by Gasteiger charge is -1.97. The first-order valence-corrected chi connectivity index (χ1v) is 3.99. The summed E-state index contributed by atoms with van der Waals surface area (Å²) in [5, 5.41) is 7.79. The molecular formula is C9H6N4. The van der Waals surface area contributed by atoms with Gasteiger partial charge in [0.25, 0.3) is 0 Å². The Morgan fingerprint density at radius 1 is 1.15 bits per heavy atom. The van der Waals surface area contributed by atoms with E-state index in [4.69, 9.17) is 0 Å². The van der Waals surface area contributed by atoms with Crippen LogP contribution in [0.2, 0.25) is 0 Å². The highest BCUT2D eigenvalue weighted by atomic mass is 15.2. The number of aromatic nitrogens is 4. The van der Waals surface area contributed by atoms with Gasteiger partial charge in [-0.05, 0) is 24.3 Å². The highest BCUT2D eigenvalue weighted by molar-refractivity contribution is 5.77. The Balaban J connectivity index is 2.65. The zero-order chi connectivity index (χ0) is 8.67. The average Bonchev–Trinajstić information content (AvgIpc) is 2.65. The van der Waals surface area contributed by atoms with Crippen LogP contribution >= 0.6 is 0 Å². The monoisotopic (exact) mass is 170 g/mol. The summed E-state index contributed by atoms with van der Waals surface area (Å²) in [7, 11) is 0. The average molecular weight is 170 g/mol. The molecule has 0 unspecified atom stereocenters. The van der Waals surface area contributed by atoms with Crippen LogP contribution in [0.25, 0.3) is 16.7 Å². The van der Waals surface area contributed by atoms with Gasteiger partial charge in [-0.2, -0.15) is 0 Å². The third-order valence-corrected chi connectivity index (χ3v) is 2.04. The van der Waals surface area contributed by atoms with Gasteiger partial charge in [0, 0.05) is 6.20 Å². The van der Waals surface area contributed by atoms with Crippen molar-refractivity contribution in [2.75, 3.05) is 0 Å². The van der Waals surface area contributed by atoms with Crippen molar-refractivity contribution in [1.82, 2.24) is 19.6 Å². The van der Waals surface area contributed by atoms with Gasteiger partial charge >= 0.3 is 0 Å². The van der Waals surface area contributed by atoms with Crippen LogP contribution in [0, 0.1) is 0 Å². The Bertz CT molecular complexity index is 570. The lowest BCUT2D eigenvalue weighted by atomic mass is 10.3. The Hall–Kier alpha value is -1.97. The molecule has 3 rings (SSSR count). The van der Waals surface area contributed by atoms with E-state index < -0.39 is 0 Å². The highest BCUT2D eigenvalue weighted by Crippen LogP contribution is 2.11. The summed E-state index contributed by atoms with van der Waals surface area (Å²) >= 11 is 0. The fourth-order valence-electron chi connectivity index (χ4n) is 1.44. The Morgan fingerprint density at radius 3 is 3.15 bits per heavy atom. The zero-order valence-electron chi connectivity index (χ0n) is 6.75. The van der Waals surface area contributed by atoms with Crippen LogP contribution in [-0.2, 0) is 0 Å². The molecule has 4 nitrogen and oxygen atoms in total. The summed E-state index contributed by atoms with van der Waals surface area (Å²) in [6, 6.07) is 7.75. The van der Waals surface area contributed by atoms with Gasteiger partial charge in [-0.3, -0.25) is 9.38 Å². The van der Waals surface area contributed by atoms with Crippen molar-refractivity contribution in [3.63, 3.8) is 0 Å². The van der Waals surface area contributed by atoms with Gasteiger partial charge in [-0.15, -0.1) is 10.2 Å². The maximum atomic E-state index is 4.23. The molecule has 0 radical (unpaired) electrons. The van der Waals surface area contributed by atoms with Crippen molar-refractivity contribution in [1.29, 1.82) is 0 Å². The van der Waals surface area contributed by atoms with Crippen molar-refractivity contribution in [3.8, 4) is 0 Å². The smallest absolute Gasteiger partial charge is 0.161 e. The molecule has 3 aromatic rings. The first kappa shape index (κ1) is 6.54. The van der Waals surface area contributed by atoms with Gasteiger partial charge in [0.2, 0.25) is 0 Å². The molecule has 0 fully saturated rings. The van der Waals surface area contributed by atoms with E-state index in [1.165, 1.54) is 0 Å². The van der Waals surface area contributed by atoms with Crippen molar-refractivity contribution < 1.29 is 0 Å². The van der Waals surface area contributed by atoms with Gasteiger partial charge in [0.15, 0.2) is 5.65 Å². The minimum Gasteiger partial charge on any atom is -0.280 e. The van der Waals surface area contributed by atoms with Gasteiger partial charge in [0.05, 0.1) is 11.0 Å². The number of hydrogen-bond donors (Lipinski definition) is 0. The lowest BCUT2D eigenvalue weighted by Crippen LogP contribution is -1.87. The van der Waals surface area contributed by atoms with Crippen LogP contribution in [0.15, 0.2) is 36.8 Å². The van der Waals surface area contributed by atoms with Gasteiger partial charge < -0.3 is 0 Å². The SMILES string of the molecule is c1cnc2ccc3nncn3c2c1. The number of hydrogen-bond acceptors (Lipinski definition) is 3. The molecule has 0 spiro atoms. The van der Waals surface area contributed by atoms with Crippen LogP contribution in [0.1, 0.15) is 0 Å². The first-order valence-electron chi connectivity index (χ1n) is 3.99. The molecule has 0 aliphatic rings. The Kier molecular flexibility index (Phi) is 1.14. The lowest BCUT2D eigenvalue weighted by molar-refractivity contribution is 1.11. The zero-order valence-corrected chi connectivity index (χ0v) is 6.75. The van der Waals surface area contributed by atoms with E-state index in [1.807, 2.05) is 28.7 Å². The topological polar surface area (TPSA) is 43.1 Å². The van der Waals surface area contributed by atoms with Crippen LogP contribution in [0.3, 0.4) is 0 Å². The molecular weight excluding hydrogens is 164 g/mol. The normalized spacial score (nSPS) is 11.1.